The number of nitrogens with zero attached hydrogens (tertiary/aromatic N) is 5. The smallest absolute Gasteiger partial charge is 0.330 e. The first-order valence-corrected chi connectivity index (χ1v) is 4.77. The lowest BCUT2D eigenvalue weighted by molar-refractivity contribution is -0.384. The summed E-state index contributed by atoms with van der Waals surface area (Å²) in [5, 5.41) is 21.0. The maximum absolute atomic E-state index is 10.7. The van der Waals surface area contributed by atoms with Gasteiger partial charge in [0.15, 0.2) is 5.82 Å². The molecule has 0 amide bonds. The van der Waals surface area contributed by atoms with E-state index in [0.717, 1.165) is 0 Å². The molecule has 90 valence electrons. The first-order valence-electron chi connectivity index (χ1n) is 4.77. The molecule has 0 aromatic carbocycles. The van der Waals surface area contributed by atoms with Gasteiger partial charge in [-0.05, 0) is 6.92 Å². The van der Waals surface area contributed by atoms with Gasteiger partial charge in [-0.25, -0.2) is 0 Å². The second-order valence-electron chi connectivity index (χ2n) is 3.38. The summed E-state index contributed by atoms with van der Waals surface area (Å²) in [7, 11) is 1.61. The molecule has 9 heteroatoms. The third kappa shape index (κ3) is 2.38. The molecule has 0 radical (unpaired) electrons. The fourth-order valence-corrected chi connectivity index (χ4v) is 1.31. The fourth-order valence-electron chi connectivity index (χ4n) is 1.31. The van der Waals surface area contributed by atoms with Gasteiger partial charge in [0.05, 0.1) is 11.5 Å². The molecule has 0 aliphatic rings. The SMILES string of the molecule is Cc1noc(CNc2nn(C)cc2[N+](=O)[O-])n1. The zero-order valence-corrected chi connectivity index (χ0v) is 9.25. The van der Waals surface area contributed by atoms with E-state index in [2.05, 4.69) is 20.6 Å². The minimum atomic E-state index is -0.506. The Kier molecular flexibility index (Phi) is 2.73. The molecule has 0 aliphatic carbocycles. The van der Waals surface area contributed by atoms with Crippen LogP contribution in [-0.2, 0) is 13.6 Å². The molecule has 0 saturated heterocycles. The minimum absolute atomic E-state index is 0.0938. The van der Waals surface area contributed by atoms with E-state index in [9.17, 15) is 10.1 Å². The summed E-state index contributed by atoms with van der Waals surface area (Å²) >= 11 is 0. The van der Waals surface area contributed by atoms with Crippen molar-refractivity contribution in [3.8, 4) is 0 Å². The molecule has 0 atom stereocenters. The van der Waals surface area contributed by atoms with Gasteiger partial charge in [-0.1, -0.05) is 5.16 Å². The molecule has 2 rings (SSSR count). The molecule has 0 spiro atoms. The van der Waals surface area contributed by atoms with E-state index < -0.39 is 4.92 Å². The summed E-state index contributed by atoms with van der Waals surface area (Å²) in [5.74, 6) is 1.04. The first kappa shape index (κ1) is 11.0. The maximum Gasteiger partial charge on any atom is 0.330 e. The Balaban J connectivity index is 2.11. The van der Waals surface area contributed by atoms with Gasteiger partial charge < -0.3 is 9.84 Å². The third-order valence-electron chi connectivity index (χ3n) is 1.98. The van der Waals surface area contributed by atoms with Gasteiger partial charge in [-0.2, -0.15) is 4.98 Å². The van der Waals surface area contributed by atoms with Gasteiger partial charge >= 0.3 is 5.69 Å². The van der Waals surface area contributed by atoms with Crippen LogP contribution in [-0.4, -0.2) is 24.8 Å². The normalized spacial score (nSPS) is 10.5. The summed E-state index contributed by atoms with van der Waals surface area (Å²) in [4.78, 5) is 14.2. The lowest BCUT2D eigenvalue weighted by Crippen LogP contribution is -2.03. The number of aromatic nitrogens is 4. The van der Waals surface area contributed by atoms with Crippen molar-refractivity contribution in [3.05, 3.63) is 28.0 Å². The first-order chi connectivity index (χ1) is 8.06. The van der Waals surface area contributed by atoms with Crippen molar-refractivity contribution in [2.24, 2.45) is 7.05 Å². The number of anilines is 1. The van der Waals surface area contributed by atoms with Gasteiger partial charge in [0.2, 0.25) is 11.7 Å². The summed E-state index contributed by atoms with van der Waals surface area (Å²) in [6, 6.07) is 0. The summed E-state index contributed by atoms with van der Waals surface area (Å²) < 4.78 is 6.23. The predicted molar refractivity (Wildman–Crippen MR) is 56.2 cm³/mol. The lowest BCUT2D eigenvalue weighted by Gasteiger charge is -1.97. The van der Waals surface area contributed by atoms with E-state index in [4.69, 9.17) is 4.52 Å². The van der Waals surface area contributed by atoms with Crippen molar-refractivity contribution >= 4 is 11.5 Å². The Bertz CT molecular complexity index is 545. The van der Waals surface area contributed by atoms with Crippen molar-refractivity contribution in [1.29, 1.82) is 0 Å². The Labute approximate surface area is 95.6 Å². The van der Waals surface area contributed by atoms with Crippen LogP contribution >= 0.6 is 0 Å². The van der Waals surface area contributed by atoms with Crippen molar-refractivity contribution in [3.63, 3.8) is 0 Å². The van der Waals surface area contributed by atoms with Crippen LogP contribution in [0.15, 0.2) is 10.7 Å². The van der Waals surface area contributed by atoms with Crippen LogP contribution in [0.4, 0.5) is 11.5 Å². The zero-order valence-electron chi connectivity index (χ0n) is 9.25. The molecule has 1 N–H and O–H groups in total. The molecular weight excluding hydrogens is 228 g/mol. The van der Waals surface area contributed by atoms with Crippen LogP contribution in [0.5, 0.6) is 0 Å². The fraction of sp³-hybridized carbons (Fsp3) is 0.375. The Hall–Kier alpha value is -2.45. The Morgan fingerprint density at radius 3 is 3.00 bits per heavy atom. The summed E-state index contributed by atoms with van der Waals surface area (Å²) in [6.45, 7) is 1.88. The lowest BCUT2D eigenvalue weighted by atomic mass is 10.5. The molecular formula is C8H10N6O3. The number of nitrogens with one attached hydrogen (secondary N) is 1. The van der Waals surface area contributed by atoms with E-state index in [0.29, 0.717) is 11.7 Å². The molecule has 2 aromatic heterocycles. The molecule has 17 heavy (non-hydrogen) atoms. The van der Waals surface area contributed by atoms with Crippen LogP contribution in [0.25, 0.3) is 0 Å². The van der Waals surface area contributed by atoms with E-state index in [1.807, 2.05) is 0 Å². The quantitative estimate of drug-likeness (QED) is 0.614. The molecule has 0 aliphatic heterocycles. The van der Waals surface area contributed by atoms with Crippen LogP contribution in [0, 0.1) is 17.0 Å². The highest BCUT2D eigenvalue weighted by Gasteiger charge is 2.18. The number of hydrogen-bond donors (Lipinski definition) is 1. The third-order valence-corrected chi connectivity index (χ3v) is 1.98. The van der Waals surface area contributed by atoms with Crippen LogP contribution in [0.3, 0.4) is 0 Å². The monoisotopic (exact) mass is 238 g/mol. The summed E-state index contributed by atoms with van der Waals surface area (Å²) in [6.07, 6.45) is 1.32. The Morgan fingerprint density at radius 1 is 1.65 bits per heavy atom. The molecule has 0 saturated carbocycles. The highest BCUT2D eigenvalue weighted by Crippen LogP contribution is 2.21. The molecule has 2 heterocycles. The van der Waals surface area contributed by atoms with E-state index >= 15 is 0 Å². The van der Waals surface area contributed by atoms with Crippen LogP contribution in [0.1, 0.15) is 11.7 Å². The second kappa shape index (κ2) is 4.20. The molecule has 0 fully saturated rings. The largest absolute Gasteiger partial charge is 0.354 e. The van der Waals surface area contributed by atoms with Crippen LogP contribution in [0.2, 0.25) is 0 Å². The topological polar surface area (TPSA) is 112 Å². The molecule has 0 bridgehead atoms. The zero-order chi connectivity index (χ0) is 12.4. The average Bonchev–Trinajstić information content (AvgIpc) is 2.82. The number of aryl methyl sites for hydroxylation is 2. The standard InChI is InChI=1S/C8H10N6O3/c1-5-10-7(17-12-5)3-9-8-6(14(15)16)4-13(2)11-8/h4H,3H2,1-2H3,(H,9,11). The summed E-state index contributed by atoms with van der Waals surface area (Å²) in [5.41, 5.74) is -0.0938. The minimum Gasteiger partial charge on any atom is -0.354 e. The maximum atomic E-state index is 10.7. The molecule has 0 unspecified atom stereocenters. The highest BCUT2D eigenvalue weighted by atomic mass is 16.6. The van der Waals surface area contributed by atoms with Gasteiger partial charge in [-0.15, -0.1) is 5.10 Å². The van der Waals surface area contributed by atoms with Gasteiger partial charge in [-0.3, -0.25) is 14.8 Å². The number of nitro groups is 1. The highest BCUT2D eigenvalue weighted by molar-refractivity contribution is 5.54. The van der Waals surface area contributed by atoms with Crippen molar-refractivity contribution < 1.29 is 9.45 Å². The van der Waals surface area contributed by atoms with E-state index in [1.165, 1.54) is 10.9 Å². The number of rotatable bonds is 4. The van der Waals surface area contributed by atoms with Crippen molar-refractivity contribution in [1.82, 2.24) is 19.9 Å². The van der Waals surface area contributed by atoms with Gasteiger partial charge in [0.1, 0.15) is 6.20 Å². The average molecular weight is 238 g/mol. The predicted octanol–water partition coefficient (Wildman–Crippen LogP) is 0.632. The van der Waals surface area contributed by atoms with E-state index in [-0.39, 0.29) is 18.1 Å². The van der Waals surface area contributed by atoms with Crippen molar-refractivity contribution in [2.75, 3.05) is 5.32 Å². The van der Waals surface area contributed by atoms with Crippen molar-refractivity contribution in [2.45, 2.75) is 13.5 Å². The molecule has 9 nitrogen and oxygen atoms in total. The Morgan fingerprint density at radius 2 is 2.41 bits per heavy atom. The second-order valence-corrected chi connectivity index (χ2v) is 3.38. The van der Waals surface area contributed by atoms with Gasteiger partial charge in [0, 0.05) is 7.05 Å². The van der Waals surface area contributed by atoms with E-state index in [1.54, 1.807) is 14.0 Å². The molecule has 2 aromatic rings. The van der Waals surface area contributed by atoms with Crippen LogP contribution < -0.4 is 5.32 Å². The van der Waals surface area contributed by atoms with Gasteiger partial charge in [0.25, 0.3) is 0 Å². The number of hydrogen-bond acceptors (Lipinski definition) is 7.